The zero-order valence-electron chi connectivity index (χ0n) is 12.0. The van der Waals surface area contributed by atoms with Gasteiger partial charge in [0.1, 0.15) is 11.5 Å². The van der Waals surface area contributed by atoms with E-state index in [9.17, 15) is 14.7 Å². The molecule has 1 aromatic carbocycles. The monoisotopic (exact) mass is 293 g/mol. The summed E-state index contributed by atoms with van der Waals surface area (Å²) in [6.45, 7) is 4.16. The molecule has 0 atom stereocenters. The molecule has 0 saturated heterocycles. The topological polar surface area (TPSA) is 111 Å². The van der Waals surface area contributed by atoms with Gasteiger partial charge in [0.2, 0.25) is 5.91 Å². The van der Waals surface area contributed by atoms with Gasteiger partial charge in [-0.25, -0.2) is 5.43 Å². The SMILES string of the molecule is CCCNC(=O)C/C(C)=N/NC(=O)c1ccc(O)cc1O. The zero-order valence-corrected chi connectivity index (χ0v) is 12.0. The highest BCUT2D eigenvalue weighted by molar-refractivity contribution is 6.01. The summed E-state index contributed by atoms with van der Waals surface area (Å²) in [6.07, 6.45) is 0.931. The van der Waals surface area contributed by atoms with Crippen molar-refractivity contribution in [2.45, 2.75) is 26.7 Å². The van der Waals surface area contributed by atoms with Gasteiger partial charge < -0.3 is 15.5 Å². The predicted octanol–water partition coefficient (Wildman–Crippen LogP) is 1.12. The van der Waals surface area contributed by atoms with Crippen LogP contribution in [0.25, 0.3) is 0 Å². The molecule has 4 N–H and O–H groups in total. The largest absolute Gasteiger partial charge is 0.508 e. The maximum Gasteiger partial charge on any atom is 0.275 e. The number of nitrogens with zero attached hydrogens (tertiary/aromatic N) is 1. The Balaban J connectivity index is 2.58. The third-order valence-electron chi connectivity index (χ3n) is 2.56. The van der Waals surface area contributed by atoms with E-state index in [0.29, 0.717) is 12.3 Å². The predicted molar refractivity (Wildman–Crippen MR) is 78.3 cm³/mol. The summed E-state index contributed by atoms with van der Waals surface area (Å²) in [4.78, 5) is 23.2. The van der Waals surface area contributed by atoms with Crippen LogP contribution in [0.4, 0.5) is 0 Å². The van der Waals surface area contributed by atoms with Crippen molar-refractivity contribution in [3.63, 3.8) is 0 Å². The Morgan fingerprint density at radius 2 is 2.00 bits per heavy atom. The third-order valence-corrected chi connectivity index (χ3v) is 2.56. The first-order valence-electron chi connectivity index (χ1n) is 6.56. The maximum absolute atomic E-state index is 11.8. The number of nitrogens with one attached hydrogen (secondary N) is 2. The highest BCUT2D eigenvalue weighted by Crippen LogP contribution is 2.22. The van der Waals surface area contributed by atoms with Gasteiger partial charge in [0.05, 0.1) is 12.0 Å². The molecule has 0 saturated carbocycles. The van der Waals surface area contributed by atoms with Crippen molar-refractivity contribution in [2.24, 2.45) is 5.10 Å². The number of carbonyl (C=O) groups is 2. The molecule has 7 nitrogen and oxygen atoms in total. The molecule has 2 amide bonds. The standard InChI is InChI=1S/C14H19N3O4/c1-3-6-15-13(20)7-9(2)16-17-14(21)11-5-4-10(18)8-12(11)19/h4-5,8,18-19H,3,6-7H2,1-2H3,(H,15,20)(H,17,21)/b16-9+. The minimum absolute atomic E-state index is 0.0141. The van der Waals surface area contributed by atoms with Crippen LogP contribution < -0.4 is 10.7 Å². The van der Waals surface area contributed by atoms with Gasteiger partial charge >= 0.3 is 0 Å². The molecule has 7 heteroatoms. The molecule has 0 aliphatic rings. The summed E-state index contributed by atoms with van der Waals surface area (Å²) in [5.74, 6) is -1.28. The fraction of sp³-hybridized carbons (Fsp3) is 0.357. The fourth-order valence-corrected chi connectivity index (χ4v) is 1.52. The lowest BCUT2D eigenvalue weighted by Crippen LogP contribution is -2.27. The quantitative estimate of drug-likeness (QED) is 0.465. The van der Waals surface area contributed by atoms with Gasteiger partial charge in [-0.1, -0.05) is 6.92 Å². The Kier molecular flexibility index (Phi) is 6.19. The minimum Gasteiger partial charge on any atom is -0.508 e. The molecule has 0 fully saturated rings. The van der Waals surface area contributed by atoms with E-state index in [1.807, 2.05) is 6.92 Å². The van der Waals surface area contributed by atoms with Crippen LogP contribution in [0, 0.1) is 0 Å². The van der Waals surface area contributed by atoms with Gasteiger partial charge in [0.15, 0.2) is 0 Å². The Hall–Kier alpha value is -2.57. The molecule has 0 aliphatic carbocycles. The van der Waals surface area contributed by atoms with Gasteiger partial charge in [-0.15, -0.1) is 0 Å². The van der Waals surface area contributed by atoms with E-state index in [-0.39, 0.29) is 29.4 Å². The van der Waals surface area contributed by atoms with Crippen LogP contribution in [0.1, 0.15) is 37.0 Å². The summed E-state index contributed by atoms with van der Waals surface area (Å²) in [5, 5.41) is 25.2. The molecule has 21 heavy (non-hydrogen) atoms. The number of phenolic OH excluding ortho intramolecular Hbond substituents is 2. The molecule has 0 heterocycles. The van der Waals surface area contributed by atoms with Crippen LogP contribution in [0.3, 0.4) is 0 Å². The number of hydrogen-bond acceptors (Lipinski definition) is 5. The number of hydrazone groups is 1. The lowest BCUT2D eigenvalue weighted by Gasteiger charge is -2.05. The molecular formula is C14H19N3O4. The molecule has 1 aromatic rings. The van der Waals surface area contributed by atoms with Gasteiger partial charge in [-0.05, 0) is 25.5 Å². The van der Waals surface area contributed by atoms with E-state index in [4.69, 9.17) is 5.11 Å². The first kappa shape index (κ1) is 16.5. The van der Waals surface area contributed by atoms with E-state index < -0.39 is 5.91 Å². The number of hydrogen-bond donors (Lipinski definition) is 4. The van der Waals surface area contributed by atoms with Crippen LogP contribution >= 0.6 is 0 Å². The zero-order chi connectivity index (χ0) is 15.8. The van der Waals surface area contributed by atoms with E-state index in [1.165, 1.54) is 12.1 Å². The van der Waals surface area contributed by atoms with E-state index in [0.717, 1.165) is 12.5 Å². The lowest BCUT2D eigenvalue weighted by atomic mass is 10.2. The van der Waals surface area contributed by atoms with Crippen molar-refractivity contribution in [2.75, 3.05) is 6.54 Å². The summed E-state index contributed by atoms with van der Waals surface area (Å²) < 4.78 is 0. The highest BCUT2D eigenvalue weighted by atomic mass is 16.3. The Morgan fingerprint density at radius 1 is 1.29 bits per heavy atom. The fourth-order valence-electron chi connectivity index (χ4n) is 1.52. The number of phenols is 2. The molecule has 0 radical (unpaired) electrons. The maximum atomic E-state index is 11.8. The number of amides is 2. The van der Waals surface area contributed by atoms with Crippen LogP contribution in [0.2, 0.25) is 0 Å². The molecule has 0 unspecified atom stereocenters. The van der Waals surface area contributed by atoms with E-state index >= 15 is 0 Å². The van der Waals surface area contributed by atoms with Crippen molar-refractivity contribution in [3.8, 4) is 11.5 Å². The van der Waals surface area contributed by atoms with Crippen LogP contribution in [-0.4, -0.2) is 34.3 Å². The summed E-state index contributed by atoms with van der Waals surface area (Å²) in [7, 11) is 0. The number of aromatic hydroxyl groups is 2. The van der Waals surface area contributed by atoms with Crippen LogP contribution in [-0.2, 0) is 4.79 Å². The summed E-state index contributed by atoms with van der Waals surface area (Å²) >= 11 is 0. The van der Waals surface area contributed by atoms with Crippen molar-refractivity contribution >= 4 is 17.5 Å². The average molecular weight is 293 g/mol. The smallest absolute Gasteiger partial charge is 0.275 e. The first-order valence-corrected chi connectivity index (χ1v) is 6.56. The average Bonchev–Trinajstić information content (AvgIpc) is 2.42. The molecule has 114 valence electrons. The molecule has 0 spiro atoms. The van der Waals surface area contributed by atoms with Crippen molar-refractivity contribution in [1.29, 1.82) is 0 Å². The second kappa shape index (κ2) is 7.88. The Labute approximate surface area is 122 Å². The number of carbonyl (C=O) groups excluding carboxylic acids is 2. The Morgan fingerprint density at radius 3 is 2.62 bits per heavy atom. The minimum atomic E-state index is -0.624. The van der Waals surface area contributed by atoms with Gasteiger partial charge in [0.25, 0.3) is 5.91 Å². The highest BCUT2D eigenvalue weighted by Gasteiger charge is 2.11. The second-order valence-electron chi connectivity index (χ2n) is 4.52. The normalized spacial score (nSPS) is 11.0. The summed E-state index contributed by atoms with van der Waals surface area (Å²) in [5.41, 5.74) is 2.67. The summed E-state index contributed by atoms with van der Waals surface area (Å²) in [6, 6.07) is 3.62. The molecule has 1 rings (SSSR count). The van der Waals surface area contributed by atoms with Gasteiger partial charge in [-0.3, -0.25) is 9.59 Å². The van der Waals surface area contributed by atoms with Crippen molar-refractivity contribution in [1.82, 2.24) is 10.7 Å². The molecular weight excluding hydrogens is 274 g/mol. The van der Waals surface area contributed by atoms with Gasteiger partial charge in [0, 0.05) is 18.3 Å². The van der Waals surface area contributed by atoms with Crippen molar-refractivity contribution in [3.05, 3.63) is 23.8 Å². The third kappa shape index (κ3) is 5.52. The first-order chi connectivity index (χ1) is 9.93. The number of benzene rings is 1. The van der Waals surface area contributed by atoms with E-state index in [2.05, 4.69) is 15.8 Å². The molecule has 0 bridgehead atoms. The van der Waals surface area contributed by atoms with Crippen LogP contribution in [0.5, 0.6) is 11.5 Å². The molecule has 0 aliphatic heterocycles. The van der Waals surface area contributed by atoms with E-state index in [1.54, 1.807) is 6.92 Å². The second-order valence-corrected chi connectivity index (χ2v) is 4.52. The van der Waals surface area contributed by atoms with Gasteiger partial charge in [-0.2, -0.15) is 5.10 Å². The van der Waals surface area contributed by atoms with Crippen molar-refractivity contribution < 1.29 is 19.8 Å². The Bertz CT molecular complexity index is 555. The lowest BCUT2D eigenvalue weighted by molar-refractivity contribution is -0.119. The number of rotatable bonds is 6. The molecule has 0 aromatic heterocycles. The van der Waals surface area contributed by atoms with Crippen LogP contribution in [0.15, 0.2) is 23.3 Å².